The molecule has 11 nitrogen and oxygen atoms in total. The molecule has 0 radical (unpaired) electrons. The third-order valence-electron chi connectivity index (χ3n) is 4.65. The van der Waals surface area contributed by atoms with Crippen molar-refractivity contribution in [3.63, 3.8) is 0 Å². The smallest absolute Gasteiger partial charge is 0.526 e. The minimum Gasteiger partial charge on any atom is -0.535 e. The minimum atomic E-state index is -1.38. The van der Waals surface area contributed by atoms with Gasteiger partial charge in [0.05, 0.1) is 12.1 Å². The van der Waals surface area contributed by atoms with Crippen LogP contribution in [0.2, 0.25) is 5.82 Å². The lowest BCUT2D eigenvalue weighted by atomic mass is 9.64. The van der Waals surface area contributed by atoms with Gasteiger partial charge in [0.1, 0.15) is 18.1 Å². The second kappa shape index (κ2) is 10.2. The number of Topliss-reactive ketones (excluding diaryl/α,β-unsaturated/α-hetero) is 1. The van der Waals surface area contributed by atoms with Crippen molar-refractivity contribution in [1.29, 1.82) is 0 Å². The fourth-order valence-corrected chi connectivity index (χ4v) is 3.73. The molecular weight excluding hydrogens is 439 g/mol. The van der Waals surface area contributed by atoms with Crippen LogP contribution in [0.5, 0.6) is 5.75 Å². The first-order valence-electron chi connectivity index (χ1n) is 9.65. The van der Waals surface area contributed by atoms with Gasteiger partial charge < -0.3 is 30.7 Å². The van der Waals surface area contributed by atoms with Gasteiger partial charge >= 0.3 is 13.1 Å². The van der Waals surface area contributed by atoms with E-state index >= 15 is 0 Å². The zero-order chi connectivity index (χ0) is 23.3. The third-order valence-corrected chi connectivity index (χ3v) is 5.32. The van der Waals surface area contributed by atoms with Gasteiger partial charge in [0.15, 0.2) is 16.6 Å². The van der Waals surface area contributed by atoms with Crippen molar-refractivity contribution in [2.45, 2.75) is 25.6 Å². The summed E-state index contributed by atoms with van der Waals surface area (Å²) in [4.78, 5) is 44.6. The van der Waals surface area contributed by atoms with Crippen LogP contribution in [0, 0.1) is 0 Å². The van der Waals surface area contributed by atoms with Gasteiger partial charge in [-0.15, -0.1) is 11.3 Å². The molecule has 1 aliphatic rings. The number of nitrogens with one attached hydrogen (secondary N) is 1. The van der Waals surface area contributed by atoms with Crippen molar-refractivity contribution in [3.05, 3.63) is 40.4 Å². The number of nitrogen functional groups attached to an aromatic ring is 1. The largest absolute Gasteiger partial charge is 0.535 e. The van der Waals surface area contributed by atoms with E-state index in [-0.39, 0.29) is 59.8 Å². The lowest BCUT2D eigenvalue weighted by Crippen LogP contribution is -2.37. The summed E-state index contributed by atoms with van der Waals surface area (Å²) in [6.07, 6.45) is 0.0858. The molecule has 1 atom stereocenters. The second-order valence-electron chi connectivity index (χ2n) is 7.03. The quantitative estimate of drug-likeness (QED) is 0.182. The molecule has 2 aromatic rings. The average Bonchev–Trinajstić information content (AvgIpc) is 3.16. The second-order valence-corrected chi connectivity index (χ2v) is 7.92. The molecule has 32 heavy (non-hydrogen) atoms. The Morgan fingerprint density at radius 2 is 2.22 bits per heavy atom. The van der Waals surface area contributed by atoms with E-state index in [2.05, 4.69) is 15.5 Å². The zero-order valence-electron chi connectivity index (χ0n) is 17.1. The summed E-state index contributed by atoms with van der Waals surface area (Å²) in [5.74, 6) is -2.40. The number of hydrogen-bond acceptors (Lipinski definition) is 10. The first-order chi connectivity index (χ1) is 15.3. The summed E-state index contributed by atoms with van der Waals surface area (Å²) in [6.45, 7) is 1.61. The number of para-hydroxylation sites is 1. The molecule has 3 rings (SSSR count). The molecule has 0 fully saturated rings. The Bertz CT molecular complexity index is 1060. The van der Waals surface area contributed by atoms with Crippen LogP contribution >= 0.6 is 11.3 Å². The number of fused-ring (bicyclic) bond motifs is 1. The number of ketones is 1. The molecule has 1 aromatic heterocycles. The Kier molecular flexibility index (Phi) is 7.43. The van der Waals surface area contributed by atoms with Crippen LogP contribution < -0.4 is 15.7 Å². The number of benzene rings is 1. The summed E-state index contributed by atoms with van der Waals surface area (Å²) >= 11 is 1.13. The van der Waals surface area contributed by atoms with Crippen molar-refractivity contribution in [2.24, 2.45) is 5.16 Å². The number of thiazole rings is 1. The van der Waals surface area contributed by atoms with Crippen molar-refractivity contribution in [3.8, 4) is 5.75 Å². The van der Waals surface area contributed by atoms with E-state index < -0.39 is 24.7 Å². The van der Waals surface area contributed by atoms with E-state index in [1.165, 1.54) is 13.0 Å². The van der Waals surface area contributed by atoms with Gasteiger partial charge in [-0.05, 0) is 18.1 Å². The molecule has 5 N–H and O–H groups in total. The summed E-state index contributed by atoms with van der Waals surface area (Å²) in [5.41, 5.74) is 6.35. The van der Waals surface area contributed by atoms with Crippen LogP contribution in [0.3, 0.4) is 0 Å². The number of nitrogens with two attached hydrogens (primary N) is 1. The normalized spacial score (nSPS) is 15.5. The Morgan fingerprint density at radius 1 is 1.44 bits per heavy atom. The number of carbonyl (C=O) groups is 3. The molecule has 1 aliphatic heterocycles. The molecule has 168 valence electrons. The lowest BCUT2D eigenvalue weighted by molar-refractivity contribution is -0.119. The summed E-state index contributed by atoms with van der Waals surface area (Å²) in [7, 11) is -1.38. The molecule has 0 saturated carbocycles. The molecule has 0 unspecified atom stereocenters. The Balaban J connectivity index is 1.75. The Hall–Kier alpha value is -3.45. The monoisotopic (exact) mass is 460 g/mol. The molecule has 0 bridgehead atoms. The number of rotatable bonds is 9. The minimum absolute atomic E-state index is 0.0382. The highest BCUT2D eigenvalue weighted by Crippen LogP contribution is 2.36. The fourth-order valence-electron chi connectivity index (χ4n) is 3.18. The molecule has 2 heterocycles. The molecule has 0 aliphatic carbocycles. The van der Waals surface area contributed by atoms with Crippen molar-refractivity contribution in [1.82, 2.24) is 10.3 Å². The van der Waals surface area contributed by atoms with Crippen LogP contribution in [0.1, 0.15) is 35.0 Å². The van der Waals surface area contributed by atoms with Gasteiger partial charge in [-0.3, -0.25) is 9.59 Å². The van der Waals surface area contributed by atoms with E-state index in [0.717, 1.165) is 11.3 Å². The number of carbonyl (C=O) groups excluding carboxylic acids is 2. The van der Waals surface area contributed by atoms with Gasteiger partial charge in [-0.25, -0.2) is 9.78 Å². The highest BCUT2D eigenvalue weighted by atomic mass is 32.1. The maximum Gasteiger partial charge on any atom is 0.526 e. The van der Waals surface area contributed by atoms with Crippen LogP contribution in [-0.4, -0.2) is 58.8 Å². The predicted molar refractivity (Wildman–Crippen MR) is 117 cm³/mol. The van der Waals surface area contributed by atoms with Crippen molar-refractivity contribution >= 4 is 47.0 Å². The molecule has 0 spiro atoms. The predicted octanol–water partition coefficient (Wildman–Crippen LogP) is 0.725. The van der Waals surface area contributed by atoms with E-state index in [9.17, 15) is 24.5 Å². The SMILES string of the molecule is CC(=O)NCCO/N=C(\C(=O)C[C@H]1Cc2cccc(C(=O)O)c2OB1O)c1csc(N)n1. The topological polar surface area (TPSA) is 173 Å². The highest BCUT2D eigenvalue weighted by molar-refractivity contribution is 7.13. The maximum atomic E-state index is 13.0. The molecule has 1 aromatic carbocycles. The molecule has 1 amide bonds. The summed E-state index contributed by atoms with van der Waals surface area (Å²) in [5, 5.41) is 27.9. The van der Waals surface area contributed by atoms with Crippen molar-refractivity contribution in [2.75, 3.05) is 18.9 Å². The van der Waals surface area contributed by atoms with Gasteiger partial charge in [0.25, 0.3) is 0 Å². The molecule has 13 heteroatoms. The molecular formula is C19H21BN4O7S. The van der Waals surface area contributed by atoms with Gasteiger partial charge in [0, 0.05) is 24.5 Å². The number of aromatic carboxylic acids is 1. The lowest BCUT2D eigenvalue weighted by Gasteiger charge is -2.28. The molecule has 0 saturated heterocycles. The zero-order valence-corrected chi connectivity index (χ0v) is 17.9. The van der Waals surface area contributed by atoms with Crippen LogP contribution in [-0.2, 0) is 20.8 Å². The highest BCUT2D eigenvalue weighted by Gasteiger charge is 2.38. The fraction of sp³-hybridized carbons (Fsp3) is 0.316. The van der Waals surface area contributed by atoms with Crippen LogP contribution in [0.4, 0.5) is 5.13 Å². The van der Waals surface area contributed by atoms with E-state index in [4.69, 9.17) is 15.2 Å². The number of carboxylic acids is 1. The van der Waals surface area contributed by atoms with Gasteiger partial charge in [-0.2, -0.15) is 0 Å². The standard InChI is InChI=1S/C19H21BN4O7S/c1-10(25)22-5-6-30-24-16(14-9-32-19(21)23-14)15(26)8-12-7-11-3-2-4-13(18(27)28)17(11)31-20(12)29/h2-4,9,12,29H,5-8H2,1H3,(H2,21,23)(H,22,25)(H,27,28)/b24-16-/t12-/m1/s1. The van der Waals surface area contributed by atoms with Crippen LogP contribution in [0.15, 0.2) is 28.7 Å². The number of amides is 1. The average molecular weight is 460 g/mol. The van der Waals surface area contributed by atoms with Gasteiger partial charge in [0.2, 0.25) is 5.91 Å². The van der Waals surface area contributed by atoms with Gasteiger partial charge in [-0.1, -0.05) is 17.3 Å². The number of nitrogens with zero attached hydrogens (tertiary/aromatic N) is 2. The number of carboxylic acid groups (broad SMARTS) is 1. The summed E-state index contributed by atoms with van der Waals surface area (Å²) < 4.78 is 5.44. The number of oxime groups is 1. The number of hydrogen-bond donors (Lipinski definition) is 4. The van der Waals surface area contributed by atoms with E-state index in [0.29, 0.717) is 5.56 Å². The van der Waals surface area contributed by atoms with Crippen molar-refractivity contribution < 1.29 is 34.0 Å². The summed E-state index contributed by atoms with van der Waals surface area (Å²) in [6, 6.07) is 4.65. The number of anilines is 1. The van der Waals surface area contributed by atoms with E-state index in [1.54, 1.807) is 17.5 Å². The number of aromatic nitrogens is 1. The Labute approximate surface area is 187 Å². The van der Waals surface area contributed by atoms with E-state index in [1.807, 2.05) is 0 Å². The van der Waals surface area contributed by atoms with Crippen LogP contribution in [0.25, 0.3) is 0 Å². The first-order valence-corrected chi connectivity index (χ1v) is 10.5. The third kappa shape index (κ3) is 5.62. The maximum absolute atomic E-state index is 13.0. The first kappa shape index (κ1) is 23.2. The Morgan fingerprint density at radius 3 is 2.88 bits per heavy atom.